The van der Waals surface area contributed by atoms with Crippen molar-refractivity contribution in [2.24, 2.45) is 0 Å². The molecule has 0 aliphatic heterocycles. The van der Waals surface area contributed by atoms with Crippen LogP contribution in [0.1, 0.15) is 5.56 Å². The highest BCUT2D eigenvalue weighted by molar-refractivity contribution is 7.89. The predicted molar refractivity (Wildman–Crippen MR) is 78.6 cm³/mol. The molecular formula is C15H14FNO3S. The first-order chi connectivity index (χ1) is 10.0. The van der Waals surface area contributed by atoms with Gasteiger partial charge in [0, 0.05) is 0 Å². The van der Waals surface area contributed by atoms with Crippen molar-refractivity contribution >= 4 is 16.1 Å². The van der Waals surface area contributed by atoms with Crippen LogP contribution in [0.15, 0.2) is 65.7 Å². The standard InChI is InChI=1S/C15H14FNO3S/c1-20-14-9-7-13(8-10-14)11-12-17(16)21(18,19)15-5-3-2-4-6-15/h2-12H,1H3/b12-11+. The van der Waals surface area contributed by atoms with Crippen molar-refractivity contribution in [3.63, 3.8) is 0 Å². The number of hydrogen-bond donors (Lipinski definition) is 0. The van der Waals surface area contributed by atoms with Crippen LogP contribution in [0.4, 0.5) is 4.48 Å². The summed E-state index contributed by atoms with van der Waals surface area (Å²) < 4.78 is 42.4. The van der Waals surface area contributed by atoms with Crippen molar-refractivity contribution in [3.05, 3.63) is 66.4 Å². The number of hydrogen-bond acceptors (Lipinski definition) is 3. The van der Waals surface area contributed by atoms with E-state index in [9.17, 15) is 12.9 Å². The molecule has 0 aliphatic rings. The van der Waals surface area contributed by atoms with Crippen LogP contribution in [-0.4, -0.2) is 20.1 Å². The molecule has 6 heteroatoms. The fraction of sp³-hybridized carbons (Fsp3) is 0.0667. The number of nitrogens with zero attached hydrogens (tertiary/aromatic N) is 1. The van der Waals surface area contributed by atoms with Crippen LogP contribution in [-0.2, 0) is 10.0 Å². The number of sulfonamides is 1. The van der Waals surface area contributed by atoms with Crippen LogP contribution in [0, 0.1) is 0 Å². The lowest BCUT2D eigenvalue weighted by atomic mass is 10.2. The normalized spacial score (nSPS) is 11.5. The Hall–Kier alpha value is -2.34. The molecule has 0 saturated carbocycles. The predicted octanol–water partition coefficient (Wildman–Crippen LogP) is 3.24. The van der Waals surface area contributed by atoms with E-state index in [2.05, 4.69) is 0 Å². The van der Waals surface area contributed by atoms with Crippen molar-refractivity contribution in [2.75, 3.05) is 7.11 Å². The number of benzene rings is 2. The largest absolute Gasteiger partial charge is 0.497 e. The Balaban J connectivity index is 2.16. The molecule has 0 amide bonds. The number of methoxy groups -OCH3 is 1. The second kappa shape index (κ2) is 6.41. The molecule has 0 atom stereocenters. The Kier molecular flexibility index (Phi) is 4.59. The zero-order chi connectivity index (χ0) is 15.3. The van der Waals surface area contributed by atoms with Crippen molar-refractivity contribution in [1.82, 2.24) is 4.53 Å². The molecule has 2 aromatic carbocycles. The van der Waals surface area contributed by atoms with Crippen LogP contribution in [0.3, 0.4) is 0 Å². The van der Waals surface area contributed by atoms with Crippen molar-refractivity contribution < 1.29 is 17.6 Å². The van der Waals surface area contributed by atoms with Crippen LogP contribution in [0.25, 0.3) is 6.08 Å². The number of ether oxygens (including phenoxy) is 1. The monoisotopic (exact) mass is 307 g/mol. The first kappa shape index (κ1) is 15.1. The lowest BCUT2D eigenvalue weighted by Crippen LogP contribution is -2.17. The van der Waals surface area contributed by atoms with Gasteiger partial charge in [-0.15, -0.1) is 4.53 Å². The molecule has 2 aromatic rings. The zero-order valence-electron chi connectivity index (χ0n) is 11.3. The molecule has 4 nitrogen and oxygen atoms in total. The fourth-order valence-corrected chi connectivity index (χ4v) is 2.56. The van der Waals surface area contributed by atoms with Gasteiger partial charge in [0.1, 0.15) is 5.75 Å². The summed E-state index contributed by atoms with van der Waals surface area (Å²) in [5.74, 6) is 0.668. The van der Waals surface area contributed by atoms with E-state index in [1.807, 2.05) is 0 Å². The first-order valence-electron chi connectivity index (χ1n) is 6.11. The highest BCUT2D eigenvalue weighted by Crippen LogP contribution is 2.17. The number of halogens is 1. The van der Waals surface area contributed by atoms with E-state index in [-0.39, 0.29) is 9.42 Å². The Morgan fingerprint density at radius 3 is 2.24 bits per heavy atom. The lowest BCUT2D eigenvalue weighted by Gasteiger charge is -2.09. The summed E-state index contributed by atoms with van der Waals surface area (Å²) in [4.78, 5) is -0.105. The van der Waals surface area contributed by atoms with Gasteiger partial charge < -0.3 is 4.74 Å². The molecule has 0 heterocycles. The minimum atomic E-state index is -4.17. The van der Waals surface area contributed by atoms with Gasteiger partial charge in [-0.05, 0) is 35.9 Å². The average Bonchev–Trinajstić information content (AvgIpc) is 2.53. The van der Waals surface area contributed by atoms with Crippen molar-refractivity contribution in [1.29, 1.82) is 0 Å². The first-order valence-corrected chi connectivity index (χ1v) is 7.55. The minimum absolute atomic E-state index is 0.105. The van der Waals surface area contributed by atoms with E-state index in [4.69, 9.17) is 4.74 Å². The second-order valence-corrected chi connectivity index (χ2v) is 5.92. The fourth-order valence-electron chi connectivity index (χ4n) is 1.63. The highest BCUT2D eigenvalue weighted by atomic mass is 32.2. The molecule has 0 radical (unpaired) electrons. The third kappa shape index (κ3) is 3.61. The summed E-state index contributed by atoms with van der Waals surface area (Å²) in [5.41, 5.74) is 0.654. The molecule has 2 rings (SSSR count). The SMILES string of the molecule is COc1ccc(/C=C/N(F)S(=O)(=O)c2ccccc2)cc1. The van der Waals surface area contributed by atoms with Gasteiger partial charge in [0.05, 0.1) is 18.2 Å². The molecule has 0 saturated heterocycles. The summed E-state index contributed by atoms with van der Waals surface area (Å²) in [6.45, 7) is 0. The Bertz CT molecular complexity index is 712. The second-order valence-electron chi connectivity index (χ2n) is 4.15. The maximum atomic E-state index is 13.8. The van der Waals surface area contributed by atoms with E-state index in [1.165, 1.54) is 30.3 Å². The average molecular weight is 307 g/mol. The van der Waals surface area contributed by atoms with Crippen molar-refractivity contribution in [3.8, 4) is 5.75 Å². The molecule has 0 spiro atoms. The maximum Gasteiger partial charge on any atom is 0.290 e. The molecule has 110 valence electrons. The summed E-state index contributed by atoms with van der Waals surface area (Å²) in [7, 11) is -2.62. The van der Waals surface area contributed by atoms with Gasteiger partial charge in [-0.2, -0.15) is 8.42 Å². The Morgan fingerprint density at radius 1 is 1.05 bits per heavy atom. The molecule has 0 fully saturated rings. The molecule has 0 aromatic heterocycles. The third-order valence-corrected chi connectivity index (χ3v) is 4.22. The van der Waals surface area contributed by atoms with Gasteiger partial charge in [0.2, 0.25) is 0 Å². The van der Waals surface area contributed by atoms with E-state index in [0.717, 1.165) is 6.20 Å². The van der Waals surface area contributed by atoms with Crippen LogP contribution in [0.2, 0.25) is 0 Å². The Labute approximate surface area is 123 Å². The van der Waals surface area contributed by atoms with Crippen molar-refractivity contribution in [2.45, 2.75) is 4.90 Å². The molecule has 0 N–H and O–H groups in total. The van der Waals surface area contributed by atoms with Crippen LogP contribution in [0.5, 0.6) is 5.75 Å². The summed E-state index contributed by atoms with van der Waals surface area (Å²) in [6, 6.07) is 14.2. The molecule has 21 heavy (non-hydrogen) atoms. The summed E-state index contributed by atoms with van der Waals surface area (Å²) in [5, 5.41) is 0. The highest BCUT2D eigenvalue weighted by Gasteiger charge is 2.20. The van der Waals surface area contributed by atoms with Gasteiger partial charge in [-0.25, -0.2) is 0 Å². The van der Waals surface area contributed by atoms with Gasteiger partial charge >= 0.3 is 0 Å². The Morgan fingerprint density at radius 2 is 1.67 bits per heavy atom. The summed E-state index contributed by atoms with van der Waals surface area (Å²) in [6.07, 6.45) is 2.23. The number of rotatable bonds is 5. The van der Waals surface area contributed by atoms with E-state index in [1.54, 1.807) is 37.4 Å². The van der Waals surface area contributed by atoms with Crippen LogP contribution < -0.4 is 4.74 Å². The molecule has 0 unspecified atom stereocenters. The lowest BCUT2D eigenvalue weighted by molar-refractivity contribution is 0.209. The molecule has 0 bridgehead atoms. The van der Waals surface area contributed by atoms with Gasteiger partial charge in [0.25, 0.3) is 10.0 Å². The maximum absolute atomic E-state index is 13.8. The quantitative estimate of drug-likeness (QED) is 0.797. The summed E-state index contributed by atoms with van der Waals surface area (Å²) >= 11 is 0. The minimum Gasteiger partial charge on any atom is -0.497 e. The van der Waals surface area contributed by atoms with Gasteiger partial charge in [0.15, 0.2) is 0 Å². The van der Waals surface area contributed by atoms with Gasteiger partial charge in [-0.1, -0.05) is 34.8 Å². The van der Waals surface area contributed by atoms with E-state index >= 15 is 0 Å². The molecular weight excluding hydrogens is 293 g/mol. The van der Waals surface area contributed by atoms with E-state index < -0.39 is 10.0 Å². The van der Waals surface area contributed by atoms with Crippen LogP contribution >= 0.6 is 0 Å². The van der Waals surface area contributed by atoms with Gasteiger partial charge in [-0.3, -0.25) is 0 Å². The topological polar surface area (TPSA) is 46.6 Å². The third-order valence-electron chi connectivity index (χ3n) is 2.77. The smallest absolute Gasteiger partial charge is 0.290 e. The van der Waals surface area contributed by atoms with E-state index in [0.29, 0.717) is 11.3 Å². The molecule has 0 aliphatic carbocycles. The zero-order valence-corrected chi connectivity index (χ0v) is 12.1.